The molecule has 0 radical (unpaired) electrons. The van der Waals surface area contributed by atoms with Crippen molar-refractivity contribution in [3.8, 4) is 5.75 Å². The Morgan fingerprint density at radius 2 is 1.68 bits per heavy atom. The van der Waals surface area contributed by atoms with E-state index in [4.69, 9.17) is 33.0 Å². The summed E-state index contributed by atoms with van der Waals surface area (Å²) in [6.45, 7) is 8.18. The third-order valence-electron chi connectivity index (χ3n) is 6.21. The minimum absolute atomic E-state index is 0.131. The number of alkyl halides is 2. The van der Waals surface area contributed by atoms with Gasteiger partial charge in [-0.2, -0.15) is 8.78 Å². The third-order valence-corrected chi connectivity index (χ3v) is 6.70. The van der Waals surface area contributed by atoms with Crippen LogP contribution in [0.3, 0.4) is 0 Å². The largest absolute Gasteiger partial charge is 0.478 e. The molecule has 1 aliphatic rings. The average molecular weight is 598 g/mol. The molecule has 1 fully saturated rings. The van der Waals surface area contributed by atoms with Gasteiger partial charge in [-0.15, -0.1) is 6.58 Å². The Labute approximate surface area is 245 Å². The summed E-state index contributed by atoms with van der Waals surface area (Å²) < 4.78 is 46.4. The van der Waals surface area contributed by atoms with Crippen molar-refractivity contribution >= 4 is 28.9 Å². The van der Waals surface area contributed by atoms with Gasteiger partial charge in [-0.05, 0) is 51.0 Å². The van der Waals surface area contributed by atoms with E-state index in [1.54, 1.807) is 57.3 Å². The van der Waals surface area contributed by atoms with Gasteiger partial charge >= 0.3 is 0 Å². The average Bonchev–Trinajstić information content (AvgIpc) is 2.85. The molecule has 2 N–H and O–H groups in total. The molecule has 4 rings (SSSR count). The zero-order chi connectivity index (χ0) is 29.9. The second-order valence-corrected chi connectivity index (χ2v) is 10.7. The lowest BCUT2D eigenvalue weighted by molar-refractivity contribution is -0.106. The summed E-state index contributed by atoms with van der Waals surface area (Å²) in [5.41, 5.74) is 1.02. The molecule has 4 nitrogen and oxygen atoms in total. The summed E-state index contributed by atoms with van der Waals surface area (Å²) in [7, 11) is 1.72. The van der Waals surface area contributed by atoms with Gasteiger partial charge in [0.2, 0.25) is 0 Å². The minimum Gasteiger partial charge on any atom is -0.478 e. The fourth-order valence-electron chi connectivity index (χ4n) is 3.44. The summed E-state index contributed by atoms with van der Waals surface area (Å²) in [4.78, 5) is 4.19. The maximum atomic E-state index is 14.0. The number of pyridine rings is 1. The molecule has 0 saturated heterocycles. The lowest BCUT2D eigenvalue weighted by atomic mass is 10.0. The van der Waals surface area contributed by atoms with Gasteiger partial charge in [0.15, 0.2) is 11.6 Å². The molecule has 0 spiro atoms. The highest BCUT2D eigenvalue weighted by Gasteiger charge is 2.37. The number of halogens is 5. The first-order valence-corrected chi connectivity index (χ1v) is 13.8. The fraction of sp³-hybridized carbons (Fsp3) is 0.387. The lowest BCUT2D eigenvalue weighted by Gasteiger charge is -2.27. The van der Waals surface area contributed by atoms with E-state index in [9.17, 15) is 13.2 Å². The van der Waals surface area contributed by atoms with Crippen LogP contribution in [0.5, 0.6) is 5.75 Å². The van der Waals surface area contributed by atoms with Crippen LogP contribution in [-0.2, 0) is 17.9 Å². The first-order chi connectivity index (χ1) is 18.8. The van der Waals surface area contributed by atoms with Crippen molar-refractivity contribution in [3.63, 3.8) is 0 Å². The number of aliphatic hydroxyl groups excluding tert-OH is 1. The summed E-state index contributed by atoms with van der Waals surface area (Å²) in [5.74, 6) is -3.51. The second-order valence-electron chi connectivity index (χ2n) is 9.89. The zero-order valence-electron chi connectivity index (χ0n) is 23.3. The van der Waals surface area contributed by atoms with Crippen LogP contribution >= 0.6 is 23.2 Å². The number of nitrogens with one attached hydrogen (secondary N) is 1. The van der Waals surface area contributed by atoms with Crippen molar-refractivity contribution in [3.05, 3.63) is 100 Å². The predicted molar refractivity (Wildman–Crippen MR) is 158 cm³/mol. The number of hydrogen-bond acceptors (Lipinski definition) is 4. The number of hydrogen-bond donors (Lipinski definition) is 2. The zero-order valence-corrected chi connectivity index (χ0v) is 24.8. The molecule has 2 aromatic carbocycles. The van der Waals surface area contributed by atoms with Crippen LogP contribution in [0.2, 0.25) is 10.0 Å². The summed E-state index contributed by atoms with van der Waals surface area (Å²) in [6, 6.07) is 12.1. The monoisotopic (exact) mass is 596 g/mol. The van der Waals surface area contributed by atoms with Gasteiger partial charge in [0.1, 0.15) is 17.4 Å². The van der Waals surface area contributed by atoms with Crippen LogP contribution in [0.4, 0.5) is 18.9 Å². The molecular weight excluding hydrogens is 560 g/mol. The van der Waals surface area contributed by atoms with E-state index in [-0.39, 0.29) is 11.3 Å². The van der Waals surface area contributed by atoms with Crippen LogP contribution in [-0.4, -0.2) is 23.2 Å². The van der Waals surface area contributed by atoms with Crippen LogP contribution < -0.4 is 10.1 Å². The maximum Gasteiger partial charge on any atom is 0.298 e. The van der Waals surface area contributed by atoms with Gasteiger partial charge in [0.05, 0.1) is 10.0 Å². The van der Waals surface area contributed by atoms with Gasteiger partial charge in [0.25, 0.3) is 5.92 Å². The molecule has 0 amide bonds. The molecule has 0 aliphatic heterocycles. The number of benzene rings is 2. The molecule has 40 heavy (non-hydrogen) atoms. The quantitative estimate of drug-likeness (QED) is 0.254. The van der Waals surface area contributed by atoms with Gasteiger partial charge in [0, 0.05) is 30.6 Å². The molecule has 1 aromatic heterocycles. The second kappa shape index (κ2) is 15.3. The number of allylic oxidation sites excluding steroid dienone is 1. The van der Waals surface area contributed by atoms with Crippen molar-refractivity contribution in [2.24, 2.45) is 0 Å². The van der Waals surface area contributed by atoms with Crippen LogP contribution in [0.15, 0.2) is 67.4 Å². The van der Waals surface area contributed by atoms with E-state index < -0.39 is 23.4 Å². The normalized spacial score (nSPS) is 13.4. The van der Waals surface area contributed by atoms with Crippen molar-refractivity contribution < 1.29 is 23.0 Å². The molecule has 0 bridgehead atoms. The van der Waals surface area contributed by atoms with Crippen LogP contribution in [0, 0.1) is 5.82 Å². The van der Waals surface area contributed by atoms with E-state index in [1.807, 2.05) is 0 Å². The maximum absolute atomic E-state index is 14.0. The SMILES string of the molecule is C1CCC1.C=CCc1ccc(C(F)(F)C(C)O)cc1.CNc1ccc(OC(C)(C)c2ncc(Cl)cc2Cl)c(F)c1. The third kappa shape index (κ3) is 9.72. The molecule has 1 unspecified atom stereocenters. The number of aromatic nitrogens is 1. The molecule has 9 heteroatoms. The Hall–Kier alpha value is -2.74. The van der Waals surface area contributed by atoms with Gasteiger partial charge < -0.3 is 15.2 Å². The van der Waals surface area contributed by atoms with E-state index in [1.165, 1.54) is 50.1 Å². The number of ether oxygens (including phenoxy) is 1. The standard InChI is InChI=1S/C15H15Cl2FN2O.C12H14F2O.C4H8/c1-15(2,14-11(17)6-9(16)8-20-14)21-13-5-4-10(19-3)7-12(13)18;1-3-4-10-5-7-11(8-6-10)12(13,14)9(2)15;1-2-4-3-1/h4-8,19H,1-3H3;3,5-9,15H,1,4H2,2H3;1-4H2. The van der Waals surface area contributed by atoms with Crippen molar-refractivity contribution in [1.29, 1.82) is 0 Å². The fourth-order valence-corrected chi connectivity index (χ4v) is 4.05. The van der Waals surface area contributed by atoms with Gasteiger partial charge in [-0.3, -0.25) is 4.98 Å². The summed E-state index contributed by atoms with van der Waals surface area (Å²) >= 11 is 12.0. The number of nitrogens with zero attached hydrogens (tertiary/aromatic N) is 1. The van der Waals surface area contributed by atoms with Crippen molar-refractivity contribution in [2.45, 2.75) is 70.5 Å². The van der Waals surface area contributed by atoms with Crippen molar-refractivity contribution in [2.75, 3.05) is 12.4 Å². The molecule has 3 aromatic rings. The highest BCUT2D eigenvalue weighted by atomic mass is 35.5. The lowest BCUT2D eigenvalue weighted by Crippen LogP contribution is -2.27. The molecule has 1 atom stereocenters. The Bertz CT molecular complexity index is 1230. The predicted octanol–water partition coefficient (Wildman–Crippen LogP) is 9.33. The van der Waals surface area contributed by atoms with E-state index in [0.29, 0.717) is 27.8 Å². The Morgan fingerprint density at radius 1 is 1.07 bits per heavy atom. The topological polar surface area (TPSA) is 54.4 Å². The summed E-state index contributed by atoms with van der Waals surface area (Å²) in [5, 5.41) is 12.6. The minimum atomic E-state index is -3.19. The Balaban J connectivity index is 0.000000255. The number of rotatable bonds is 8. The van der Waals surface area contributed by atoms with Crippen LogP contribution in [0.25, 0.3) is 0 Å². The molecule has 1 saturated carbocycles. The number of anilines is 1. The highest BCUT2D eigenvalue weighted by Crippen LogP contribution is 2.34. The van der Waals surface area contributed by atoms with Gasteiger partial charge in [-0.25, -0.2) is 4.39 Å². The van der Waals surface area contributed by atoms with Gasteiger partial charge in [-0.1, -0.05) is 79.2 Å². The van der Waals surface area contributed by atoms with Crippen LogP contribution in [0.1, 0.15) is 63.3 Å². The van der Waals surface area contributed by atoms with Crippen molar-refractivity contribution in [1.82, 2.24) is 4.98 Å². The van der Waals surface area contributed by atoms with E-state index >= 15 is 0 Å². The molecule has 1 aliphatic carbocycles. The first-order valence-electron chi connectivity index (χ1n) is 13.1. The Morgan fingerprint density at radius 3 is 2.12 bits per heavy atom. The summed E-state index contributed by atoms with van der Waals surface area (Å²) in [6.07, 6.45) is 8.17. The first kappa shape index (κ1) is 33.5. The smallest absolute Gasteiger partial charge is 0.298 e. The number of aliphatic hydroxyl groups is 1. The van der Waals surface area contributed by atoms with E-state index in [0.717, 1.165) is 12.5 Å². The molecule has 218 valence electrons. The molecule has 1 heterocycles. The molecular formula is C31H37Cl2F3N2O2. The Kier molecular flexibility index (Phi) is 12.8. The highest BCUT2D eigenvalue weighted by molar-refractivity contribution is 6.34. The van der Waals surface area contributed by atoms with E-state index in [2.05, 4.69) is 16.9 Å².